The summed E-state index contributed by atoms with van der Waals surface area (Å²) < 4.78 is 51.3. The number of morpholine rings is 1. The summed E-state index contributed by atoms with van der Waals surface area (Å²) in [4.78, 5) is 12.7. The van der Waals surface area contributed by atoms with Crippen LogP contribution in [0.2, 0.25) is 0 Å². The van der Waals surface area contributed by atoms with E-state index in [1.54, 1.807) is 0 Å². The van der Waals surface area contributed by atoms with Gasteiger partial charge in [0.1, 0.15) is 35.8 Å². The number of fused-ring (bicyclic) bond motifs is 2. The lowest BCUT2D eigenvalue weighted by atomic mass is 9.94. The topological polar surface area (TPSA) is 95.5 Å². The minimum absolute atomic E-state index is 0.0884. The van der Waals surface area contributed by atoms with Crippen LogP contribution in [0.4, 0.5) is 19.0 Å². The highest BCUT2D eigenvalue weighted by Gasteiger charge is 2.38. The second-order valence-electron chi connectivity index (χ2n) is 7.87. The highest BCUT2D eigenvalue weighted by Crippen LogP contribution is 2.38. The average Bonchev–Trinajstić information content (AvgIpc) is 3.25. The number of rotatable bonds is 4. The van der Waals surface area contributed by atoms with Crippen molar-refractivity contribution < 1.29 is 27.8 Å². The molecule has 5 rings (SSSR count). The molecule has 0 spiro atoms. The fourth-order valence-electron chi connectivity index (χ4n) is 4.35. The van der Waals surface area contributed by atoms with Crippen LogP contribution in [0, 0.1) is 0 Å². The van der Waals surface area contributed by atoms with Gasteiger partial charge in [-0.05, 0) is 12.1 Å². The summed E-state index contributed by atoms with van der Waals surface area (Å²) in [6.07, 6.45) is -3.58. The highest BCUT2D eigenvalue weighted by molar-refractivity contribution is 5.88. The maximum absolute atomic E-state index is 13.2. The Bertz CT molecular complexity index is 1110. The Balaban J connectivity index is 1.52. The largest absolute Gasteiger partial charge is 0.491 e. The van der Waals surface area contributed by atoms with Crippen LogP contribution in [-0.2, 0) is 10.9 Å². The van der Waals surface area contributed by atoms with E-state index in [2.05, 4.69) is 25.2 Å². The predicted molar refractivity (Wildman–Crippen MR) is 109 cm³/mol. The van der Waals surface area contributed by atoms with Crippen molar-refractivity contribution in [1.82, 2.24) is 19.9 Å². The smallest absolute Gasteiger partial charge is 0.431 e. The number of alkyl halides is 3. The van der Waals surface area contributed by atoms with Crippen molar-refractivity contribution in [2.24, 2.45) is 0 Å². The third kappa shape index (κ3) is 3.87. The second kappa shape index (κ2) is 8.23. The maximum Gasteiger partial charge on any atom is 0.431 e. The summed E-state index contributed by atoms with van der Waals surface area (Å²) in [5, 5.41) is 13.2. The van der Waals surface area contributed by atoms with Crippen LogP contribution in [0.25, 0.3) is 11.0 Å². The Morgan fingerprint density at radius 2 is 2.09 bits per heavy atom. The molecule has 1 saturated heterocycles. The Morgan fingerprint density at radius 1 is 1.25 bits per heavy atom. The van der Waals surface area contributed by atoms with Crippen molar-refractivity contribution in [2.45, 2.75) is 24.4 Å². The maximum atomic E-state index is 13.2. The lowest BCUT2D eigenvalue weighted by molar-refractivity contribution is -0.140. The lowest BCUT2D eigenvalue weighted by Gasteiger charge is -2.44. The Labute approximate surface area is 181 Å². The zero-order chi connectivity index (χ0) is 22.3. The molecule has 3 aromatic rings. The van der Waals surface area contributed by atoms with Crippen molar-refractivity contribution >= 4 is 16.9 Å². The summed E-state index contributed by atoms with van der Waals surface area (Å²) in [6, 6.07) is 8.13. The van der Waals surface area contributed by atoms with Crippen molar-refractivity contribution in [1.29, 1.82) is 0 Å². The monoisotopic (exact) mass is 449 g/mol. The molecule has 0 aliphatic carbocycles. The van der Waals surface area contributed by atoms with Gasteiger partial charge < -0.3 is 24.9 Å². The van der Waals surface area contributed by atoms with Gasteiger partial charge >= 0.3 is 6.18 Å². The van der Waals surface area contributed by atoms with Gasteiger partial charge in [0.2, 0.25) is 0 Å². The first kappa shape index (κ1) is 21.0. The van der Waals surface area contributed by atoms with Crippen LogP contribution >= 0.6 is 0 Å². The van der Waals surface area contributed by atoms with Gasteiger partial charge in [0.25, 0.3) is 0 Å². The van der Waals surface area contributed by atoms with Gasteiger partial charge in [-0.3, -0.25) is 4.90 Å². The molecular weight excluding hydrogens is 427 g/mol. The van der Waals surface area contributed by atoms with Crippen LogP contribution in [0.3, 0.4) is 0 Å². The molecule has 170 valence electrons. The van der Waals surface area contributed by atoms with E-state index in [9.17, 15) is 18.3 Å². The lowest BCUT2D eigenvalue weighted by Crippen LogP contribution is -2.55. The number of para-hydroxylation sites is 1. The second-order valence-corrected chi connectivity index (χ2v) is 7.87. The fourth-order valence-corrected chi connectivity index (χ4v) is 4.35. The van der Waals surface area contributed by atoms with Gasteiger partial charge in [-0.25, -0.2) is 9.97 Å². The first-order valence-electron chi connectivity index (χ1n) is 10.3. The van der Waals surface area contributed by atoms with Crippen molar-refractivity contribution in [3.05, 3.63) is 47.9 Å². The van der Waals surface area contributed by atoms with Crippen LogP contribution in [0.1, 0.15) is 17.3 Å². The SMILES string of the molecule is OC[C@@H]1CN([C@H]2COc3ccccc3[C@@H]2Nc2ncnc3[nH]c(C(F)(F)F)cc23)CCO1. The summed E-state index contributed by atoms with van der Waals surface area (Å²) in [5.74, 6) is 1.02. The number of aromatic amines is 1. The molecule has 0 radical (unpaired) electrons. The minimum atomic E-state index is -4.51. The summed E-state index contributed by atoms with van der Waals surface area (Å²) in [7, 11) is 0. The summed E-state index contributed by atoms with van der Waals surface area (Å²) in [5.41, 5.74) is 0.117. The number of aliphatic hydroxyl groups is 1. The van der Waals surface area contributed by atoms with Crippen LogP contribution in [0.5, 0.6) is 5.75 Å². The van der Waals surface area contributed by atoms with Gasteiger partial charge in [-0.2, -0.15) is 13.2 Å². The Morgan fingerprint density at radius 3 is 2.91 bits per heavy atom. The number of aliphatic hydroxyl groups excluding tert-OH is 1. The van der Waals surface area contributed by atoms with E-state index < -0.39 is 11.9 Å². The van der Waals surface area contributed by atoms with Crippen molar-refractivity contribution in [3.63, 3.8) is 0 Å². The van der Waals surface area contributed by atoms with Gasteiger partial charge in [-0.15, -0.1) is 0 Å². The molecule has 0 saturated carbocycles. The standard InChI is InChI=1S/C21H22F3N5O3/c22-21(23,24)17-7-14-19(27-17)25-11-26-20(14)28-18-13-3-1-2-4-16(13)32-10-15(18)29-5-6-31-12(8-29)9-30/h1-4,7,11-12,15,18,30H,5-6,8-10H2,(H2,25,26,27,28)/t12-,15-,18-/m0/s1. The molecule has 2 aliphatic rings. The van der Waals surface area contributed by atoms with Gasteiger partial charge in [0, 0.05) is 18.7 Å². The predicted octanol–water partition coefficient (Wildman–Crippen LogP) is 2.58. The molecule has 0 amide bonds. The quantitative estimate of drug-likeness (QED) is 0.564. The molecule has 0 bridgehead atoms. The van der Waals surface area contributed by atoms with Crippen LogP contribution < -0.4 is 10.1 Å². The number of hydrogen-bond donors (Lipinski definition) is 3. The molecule has 2 aliphatic heterocycles. The molecule has 1 fully saturated rings. The summed E-state index contributed by atoms with van der Waals surface area (Å²) >= 11 is 0. The number of benzene rings is 1. The van der Waals surface area contributed by atoms with E-state index in [1.165, 1.54) is 6.33 Å². The zero-order valence-corrected chi connectivity index (χ0v) is 17.0. The minimum Gasteiger partial charge on any atom is -0.491 e. The molecule has 3 atom stereocenters. The van der Waals surface area contributed by atoms with Crippen molar-refractivity contribution in [3.8, 4) is 5.75 Å². The van der Waals surface area contributed by atoms with Gasteiger partial charge in [0.15, 0.2) is 0 Å². The number of hydrogen-bond acceptors (Lipinski definition) is 7. The Hall–Kier alpha value is -2.89. The third-order valence-electron chi connectivity index (χ3n) is 5.91. The molecule has 3 N–H and O–H groups in total. The molecular formula is C21H22F3N5O3. The zero-order valence-electron chi connectivity index (χ0n) is 17.0. The highest BCUT2D eigenvalue weighted by atomic mass is 19.4. The number of nitrogens with zero attached hydrogens (tertiary/aromatic N) is 3. The fraction of sp³-hybridized carbons (Fsp3) is 0.429. The molecule has 0 unspecified atom stereocenters. The van der Waals surface area contributed by atoms with E-state index in [-0.39, 0.29) is 35.8 Å². The molecule has 8 nitrogen and oxygen atoms in total. The van der Waals surface area contributed by atoms with Crippen LogP contribution in [0.15, 0.2) is 36.7 Å². The number of anilines is 1. The molecule has 4 heterocycles. The number of H-pyrrole nitrogens is 1. The van der Waals surface area contributed by atoms with E-state index in [0.29, 0.717) is 37.9 Å². The molecule has 2 aromatic heterocycles. The van der Waals surface area contributed by atoms with E-state index in [0.717, 1.165) is 11.6 Å². The number of halogens is 3. The normalized spacial score (nSPS) is 24.2. The van der Waals surface area contributed by atoms with Gasteiger partial charge in [-0.1, -0.05) is 18.2 Å². The van der Waals surface area contributed by atoms with Gasteiger partial charge in [0.05, 0.1) is 36.8 Å². The van der Waals surface area contributed by atoms with E-state index in [4.69, 9.17) is 9.47 Å². The first-order chi connectivity index (χ1) is 15.4. The number of ether oxygens (including phenoxy) is 2. The summed E-state index contributed by atoms with van der Waals surface area (Å²) in [6.45, 7) is 1.93. The van der Waals surface area contributed by atoms with Crippen LogP contribution in [-0.4, -0.2) is 70.0 Å². The number of nitrogens with one attached hydrogen (secondary N) is 2. The molecule has 32 heavy (non-hydrogen) atoms. The molecule has 1 aromatic carbocycles. The van der Waals surface area contributed by atoms with Crippen molar-refractivity contribution in [2.75, 3.05) is 38.2 Å². The average molecular weight is 449 g/mol. The third-order valence-corrected chi connectivity index (χ3v) is 5.91. The van der Waals surface area contributed by atoms with E-state index >= 15 is 0 Å². The van der Waals surface area contributed by atoms with E-state index in [1.807, 2.05) is 24.3 Å². The first-order valence-corrected chi connectivity index (χ1v) is 10.3. The molecule has 11 heteroatoms. The number of aromatic nitrogens is 3. The Kier molecular flexibility index (Phi) is 5.39.